The first-order valence-corrected chi connectivity index (χ1v) is 10.4. The second-order valence-electron chi connectivity index (χ2n) is 7.75. The van der Waals surface area contributed by atoms with E-state index in [1.807, 2.05) is 41.2 Å². The third-order valence-corrected chi connectivity index (χ3v) is 5.82. The fraction of sp³-hybridized carbons (Fsp3) is 0.591. The molecule has 1 aromatic heterocycles. The number of hydrogen-bond donors (Lipinski definition) is 0. The summed E-state index contributed by atoms with van der Waals surface area (Å²) in [6, 6.07) is 10.2. The second kappa shape index (κ2) is 8.89. The molecule has 0 radical (unpaired) electrons. The first kappa shape index (κ1) is 18.5. The van der Waals surface area contributed by atoms with Gasteiger partial charge in [-0.2, -0.15) is 5.10 Å². The Kier molecular flexibility index (Phi) is 6.10. The standard InChI is InChI=1S/C22H31N3O2/c1-2-25-17-19(15-23-25)22-18(7-6-14-26-22)16-24-12-10-21(11-13-24)27-20-8-4-3-5-9-20/h3-5,8-9,15,17-18,21-22H,2,6-7,10-14,16H2,1H3/t18-,22+/m0/s1. The van der Waals surface area contributed by atoms with Crippen molar-refractivity contribution in [2.45, 2.75) is 51.4 Å². The Hall–Kier alpha value is -1.85. The van der Waals surface area contributed by atoms with Crippen molar-refractivity contribution in [2.75, 3.05) is 26.2 Å². The van der Waals surface area contributed by atoms with E-state index in [4.69, 9.17) is 9.47 Å². The lowest BCUT2D eigenvalue weighted by Crippen LogP contribution is -2.42. The number of hydrogen-bond acceptors (Lipinski definition) is 4. The van der Waals surface area contributed by atoms with E-state index in [-0.39, 0.29) is 6.10 Å². The molecule has 0 unspecified atom stereocenters. The molecule has 0 saturated carbocycles. The predicted molar refractivity (Wildman–Crippen MR) is 106 cm³/mol. The summed E-state index contributed by atoms with van der Waals surface area (Å²) in [4.78, 5) is 2.60. The van der Waals surface area contributed by atoms with E-state index in [0.29, 0.717) is 12.0 Å². The molecule has 2 aliphatic heterocycles. The molecule has 2 saturated heterocycles. The lowest BCUT2D eigenvalue weighted by molar-refractivity contribution is -0.0432. The maximum absolute atomic E-state index is 6.17. The number of benzene rings is 1. The van der Waals surface area contributed by atoms with Crippen molar-refractivity contribution in [1.29, 1.82) is 0 Å². The summed E-state index contributed by atoms with van der Waals surface area (Å²) in [6.07, 6.45) is 9.28. The molecule has 0 bridgehead atoms. The predicted octanol–water partition coefficient (Wildman–Crippen LogP) is 3.91. The van der Waals surface area contributed by atoms with Gasteiger partial charge in [0, 0.05) is 50.5 Å². The molecule has 3 heterocycles. The van der Waals surface area contributed by atoms with Crippen molar-refractivity contribution < 1.29 is 9.47 Å². The largest absolute Gasteiger partial charge is 0.490 e. The third-order valence-electron chi connectivity index (χ3n) is 5.82. The Morgan fingerprint density at radius 2 is 1.96 bits per heavy atom. The molecule has 27 heavy (non-hydrogen) atoms. The summed E-state index contributed by atoms with van der Waals surface area (Å²) >= 11 is 0. The average molecular weight is 370 g/mol. The highest BCUT2D eigenvalue weighted by Crippen LogP contribution is 2.34. The third kappa shape index (κ3) is 4.71. The Morgan fingerprint density at radius 3 is 2.70 bits per heavy atom. The Bertz CT molecular complexity index is 695. The van der Waals surface area contributed by atoms with Gasteiger partial charge in [-0.25, -0.2) is 0 Å². The number of nitrogens with zero attached hydrogens (tertiary/aromatic N) is 3. The van der Waals surface area contributed by atoms with Gasteiger partial charge in [0.2, 0.25) is 0 Å². The van der Waals surface area contributed by atoms with Crippen LogP contribution in [0.5, 0.6) is 5.75 Å². The van der Waals surface area contributed by atoms with Gasteiger partial charge in [-0.1, -0.05) is 18.2 Å². The molecule has 5 heteroatoms. The van der Waals surface area contributed by atoms with E-state index in [2.05, 4.69) is 23.1 Å². The molecular weight excluding hydrogens is 338 g/mol. The van der Waals surface area contributed by atoms with Gasteiger partial charge >= 0.3 is 0 Å². The minimum absolute atomic E-state index is 0.192. The van der Waals surface area contributed by atoms with Crippen molar-refractivity contribution in [3.63, 3.8) is 0 Å². The number of aromatic nitrogens is 2. The van der Waals surface area contributed by atoms with E-state index >= 15 is 0 Å². The smallest absolute Gasteiger partial charge is 0.119 e. The molecule has 0 amide bonds. The Morgan fingerprint density at radius 1 is 1.15 bits per heavy atom. The number of rotatable bonds is 6. The van der Waals surface area contributed by atoms with Crippen LogP contribution >= 0.6 is 0 Å². The van der Waals surface area contributed by atoms with Crippen molar-refractivity contribution in [3.05, 3.63) is 48.3 Å². The van der Waals surface area contributed by atoms with Crippen molar-refractivity contribution in [2.24, 2.45) is 5.92 Å². The quantitative estimate of drug-likeness (QED) is 0.774. The Labute approximate surface area is 162 Å². The number of para-hydroxylation sites is 1. The summed E-state index contributed by atoms with van der Waals surface area (Å²) in [5.41, 5.74) is 1.24. The number of aryl methyl sites for hydroxylation is 1. The molecule has 0 aliphatic carbocycles. The summed E-state index contributed by atoms with van der Waals surface area (Å²) in [5.74, 6) is 1.55. The van der Waals surface area contributed by atoms with Crippen LogP contribution in [-0.2, 0) is 11.3 Å². The van der Waals surface area contributed by atoms with Crippen LogP contribution in [0.3, 0.4) is 0 Å². The molecule has 5 nitrogen and oxygen atoms in total. The van der Waals surface area contributed by atoms with Gasteiger partial charge in [0.1, 0.15) is 11.9 Å². The highest BCUT2D eigenvalue weighted by Gasteiger charge is 2.31. The van der Waals surface area contributed by atoms with Gasteiger partial charge in [-0.15, -0.1) is 0 Å². The zero-order valence-electron chi connectivity index (χ0n) is 16.3. The van der Waals surface area contributed by atoms with Crippen molar-refractivity contribution in [1.82, 2.24) is 14.7 Å². The van der Waals surface area contributed by atoms with Crippen LogP contribution in [0.1, 0.15) is 44.3 Å². The van der Waals surface area contributed by atoms with E-state index in [1.165, 1.54) is 12.0 Å². The topological polar surface area (TPSA) is 39.5 Å². The SMILES string of the molecule is CCn1cc([C@@H]2OCCC[C@H]2CN2CCC(Oc3ccccc3)CC2)cn1. The van der Waals surface area contributed by atoms with Gasteiger partial charge in [-0.05, 0) is 44.7 Å². The molecule has 1 aromatic carbocycles. The van der Waals surface area contributed by atoms with Gasteiger partial charge in [0.05, 0.1) is 12.3 Å². The lowest BCUT2D eigenvalue weighted by Gasteiger charge is -2.38. The highest BCUT2D eigenvalue weighted by atomic mass is 16.5. The summed E-state index contributed by atoms with van der Waals surface area (Å²) < 4.78 is 14.3. The maximum atomic E-state index is 6.17. The van der Waals surface area contributed by atoms with Crippen LogP contribution in [0, 0.1) is 5.92 Å². The highest BCUT2D eigenvalue weighted by molar-refractivity contribution is 5.21. The fourth-order valence-electron chi connectivity index (χ4n) is 4.33. The second-order valence-corrected chi connectivity index (χ2v) is 7.75. The van der Waals surface area contributed by atoms with E-state index < -0.39 is 0 Å². The normalized spacial score (nSPS) is 24.8. The monoisotopic (exact) mass is 369 g/mol. The van der Waals surface area contributed by atoms with E-state index in [0.717, 1.165) is 57.8 Å². The minimum Gasteiger partial charge on any atom is -0.490 e. The first-order valence-electron chi connectivity index (χ1n) is 10.4. The van der Waals surface area contributed by atoms with Gasteiger partial charge in [0.25, 0.3) is 0 Å². The van der Waals surface area contributed by atoms with Crippen LogP contribution < -0.4 is 4.74 Å². The summed E-state index contributed by atoms with van der Waals surface area (Å²) in [7, 11) is 0. The maximum Gasteiger partial charge on any atom is 0.119 e. The number of ether oxygens (including phenoxy) is 2. The molecule has 2 aromatic rings. The van der Waals surface area contributed by atoms with Crippen LogP contribution in [-0.4, -0.2) is 47.0 Å². The van der Waals surface area contributed by atoms with Gasteiger partial charge in [0.15, 0.2) is 0 Å². The minimum atomic E-state index is 0.192. The first-order chi connectivity index (χ1) is 13.3. The molecule has 4 rings (SSSR count). The zero-order chi connectivity index (χ0) is 18.5. The molecule has 2 atom stereocenters. The lowest BCUT2D eigenvalue weighted by atomic mass is 9.89. The molecule has 146 valence electrons. The average Bonchev–Trinajstić information content (AvgIpc) is 3.20. The van der Waals surface area contributed by atoms with Gasteiger partial charge in [-0.3, -0.25) is 4.68 Å². The van der Waals surface area contributed by atoms with Crippen LogP contribution in [0.2, 0.25) is 0 Å². The number of piperidine rings is 1. The summed E-state index contributed by atoms with van der Waals surface area (Å²) in [6.45, 7) is 7.22. The van der Waals surface area contributed by atoms with Crippen molar-refractivity contribution >= 4 is 0 Å². The fourth-order valence-corrected chi connectivity index (χ4v) is 4.33. The van der Waals surface area contributed by atoms with E-state index in [1.54, 1.807) is 0 Å². The zero-order valence-corrected chi connectivity index (χ0v) is 16.3. The Balaban J connectivity index is 1.30. The van der Waals surface area contributed by atoms with Gasteiger partial charge < -0.3 is 14.4 Å². The van der Waals surface area contributed by atoms with Crippen LogP contribution in [0.4, 0.5) is 0 Å². The molecule has 2 fully saturated rings. The van der Waals surface area contributed by atoms with Crippen LogP contribution in [0.15, 0.2) is 42.7 Å². The molecular formula is C22H31N3O2. The molecule has 2 aliphatic rings. The van der Waals surface area contributed by atoms with Crippen molar-refractivity contribution in [3.8, 4) is 5.75 Å². The van der Waals surface area contributed by atoms with Crippen LogP contribution in [0.25, 0.3) is 0 Å². The van der Waals surface area contributed by atoms with E-state index in [9.17, 15) is 0 Å². The number of likely N-dealkylation sites (tertiary alicyclic amines) is 1. The molecule has 0 spiro atoms. The molecule has 0 N–H and O–H groups in total. The summed E-state index contributed by atoms with van der Waals surface area (Å²) in [5, 5.41) is 4.45.